The summed E-state index contributed by atoms with van der Waals surface area (Å²) in [5.74, 6) is -0.154. The number of carboxylic acids is 1. The van der Waals surface area contributed by atoms with Gasteiger partial charge >= 0.3 is 5.97 Å². The van der Waals surface area contributed by atoms with E-state index in [-0.39, 0.29) is 5.69 Å². The molecule has 23 heavy (non-hydrogen) atoms. The number of aryl methyl sites for hydroxylation is 1. The van der Waals surface area contributed by atoms with Crippen molar-refractivity contribution in [2.24, 2.45) is 7.05 Å². The van der Waals surface area contributed by atoms with Gasteiger partial charge in [0.05, 0.1) is 12.8 Å². The number of rotatable bonds is 5. The van der Waals surface area contributed by atoms with E-state index in [2.05, 4.69) is 16.1 Å². The molecule has 0 atom stereocenters. The van der Waals surface area contributed by atoms with Crippen LogP contribution < -0.4 is 4.74 Å². The van der Waals surface area contributed by atoms with Crippen LogP contribution in [0.4, 0.5) is 0 Å². The van der Waals surface area contributed by atoms with Crippen molar-refractivity contribution < 1.29 is 14.6 Å². The Morgan fingerprint density at radius 3 is 2.65 bits per heavy atom. The van der Waals surface area contributed by atoms with Gasteiger partial charge in [0, 0.05) is 24.7 Å². The van der Waals surface area contributed by atoms with Crippen molar-refractivity contribution >= 4 is 5.97 Å². The Bertz CT molecular complexity index is 718. The molecule has 1 saturated heterocycles. The number of ether oxygens (including phenoxy) is 1. The van der Waals surface area contributed by atoms with Gasteiger partial charge < -0.3 is 9.84 Å². The summed E-state index contributed by atoms with van der Waals surface area (Å²) in [6, 6.07) is 7.55. The molecular formula is C17H21N3O3. The average molecular weight is 315 g/mol. The number of hydrogen-bond acceptors (Lipinski definition) is 4. The summed E-state index contributed by atoms with van der Waals surface area (Å²) in [5, 5.41) is 13.1. The fraction of sp³-hybridized carbons (Fsp3) is 0.412. The zero-order valence-corrected chi connectivity index (χ0v) is 13.5. The van der Waals surface area contributed by atoms with Gasteiger partial charge in [0.1, 0.15) is 5.75 Å². The maximum Gasteiger partial charge on any atom is 0.356 e. The molecule has 0 bridgehead atoms. The number of carboxylic acid groups (broad SMARTS) is 1. The number of likely N-dealkylation sites (tertiary alicyclic amines) is 1. The zero-order valence-electron chi connectivity index (χ0n) is 13.5. The number of aromatic carboxylic acids is 1. The van der Waals surface area contributed by atoms with Crippen LogP contribution in [0.15, 0.2) is 24.3 Å². The highest BCUT2D eigenvalue weighted by atomic mass is 16.5. The van der Waals surface area contributed by atoms with Crippen LogP contribution in [0.25, 0.3) is 11.3 Å². The molecule has 1 fully saturated rings. The van der Waals surface area contributed by atoms with E-state index in [4.69, 9.17) is 9.84 Å². The van der Waals surface area contributed by atoms with Gasteiger partial charge in [-0.1, -0.05) is 0 Å². The Kier molecular flexibility index (Phi) is 4.34. The van der Waals surface area contributed by atoms with Crippen molar-refractivity contribution in [2.45, 2.75) is 19.4 Å². The predicted molar refractivity (Wildman–Crippen MR) is 86.7 cm³/mol. The molecule has 1 aromatic heterocycles. The third-order valence-electron chi connectivity index (χ3n) is 4.27. The Labute approximate surface area is 135 Å². The molecule has 1 aliphatic rings. The number of methoxy groups -OCH3 is 1. The first-order chi connectivity index (χ1) is 11.1. The van der Waals surface area contributed by atoms with Gasteiger partial charge in [0.15, 0.2) is 5.69 Å². The quantitative estimate of drug-likeness (QED) is 0.917. The van der Waals surface area contributed by atoms with Gasteiger partial charge in [-0.15, -0.1) is 0 Å². The van der Waals surface area contributed by atoms with Gasteiger partial charge in [0.25, 0.3) is 0 Å². The highest BCUT2D eigenvalue weighted by Crippen LogP contribution is 2.28. The smallest absolute Gasteiger partial charge is 0.356 e. The molecule has 0 unspecified atom stereocenters. The molecule has 0 spiro atoms. The summed E-state index contributed by atoms with van der Waals surface area (Å²) in [6.07, 6.45) is 2.48. The molecule has 0 radical (unpaired) electrons. The predicted octanol–water partition coefficient (Wildman–Crippen LogP) is 2.39. The molecule has 6 heteroatoms. The maximum atomic E-state index is 11.1. The second-order valence-electron chi connectivity index (χ2n) is 5.85. The maximum absolute atomic E-state index is 11.1. The molecular weight excluding hydrogens is 294 g/mol. The van der Waals surface area contributed by atoms with Crippen molar-refractivity contribution in [1.82, 2.24) is 14.7 Å². The topological polar surface area (TPSA) is 67.6 Å². The molecule has 0 amide bonds. The largest absolute Gasteiger partial charge is 0.496 e. The lowest BCUT2D eigenvalue weighted by Gasteiger charge is -2.18. The fourth-order valence-electron chi connectivity index (χ4n) is 3.09. The summed E-state index contributed by atoms with van der Waals surface area (Å²) >= 11 is 0. The molecule has 0 saturated carbocycles. The monoisotopic (exact) mass is 315 g/mol. The lowest BCUT2D eigenvalue weighted by molar-refractivity contribution is 0.0689. The minimum absolute atomic E-state index is 0.0550. The van der Waals surface area contributed by atoms with Gasteiger partial charge in [-0.05, 0) is 50.2 Å². The van der Waals surface area contributed by atoms with E-state index in [1.54, 1.807) is 24.9 Å². The van der Waals surface area contributed by atoms with Crippen molar-refractivity contribution in [3.8, 4) is 17.0 Å². The summed E-state index contributed by atoms with van der Waals surface area (Å²) in [6.45, 7) is 3.07. The highest BCUT2D eigenvalue weighted by molar-refractivity contribution is 5.87. The molecule has 2 heterocycles. The van der Waals surface area contributed by atoms with E-state index in [9.17, 15) is 4.79 Å². The Morgan fingerprint density at radius 1 is 1.30 bits per heavy atom. The molecule has 3 rings (SSSR count). The molecule has 2 aromatic rings. The number of nitrogens with zero attached hydrogens (tertiary/aromatic N) is 3. The standard InChI is InChI=1S/C17H21N3O3/c1-19-15(10-14(18-19)17(21)22)12-5-6-16(23-2)13(9-12)11-20-7-3-4-8-20/h5-6,9-10H,3-4,7-8,11H2,1-2H3,(H,21,22). The highest BCUT2D eigenvalue weighted by Gasteiger charge is 2.17. The van der Waals surface area contributed by atoms with Crippen LogP contribution in [-0.2, 0) is 13.6 Å². The SMILES string of the molecule is COc1ccc(-c2cc(C(=O)O)nn2C)cc1CN1CCCC1. The van der Waals surface area contributed by atoms with Gasteiger partial charge in [-0.25, -0.2) is 4.79 Å². The van der Waals surface area contributed by atoms with Crippen LogP contribution in [0, 0.1) is 0 Å². The van der Waals surface area contributed by atoms with Crippen LogP contribution >= 0.6 is 0 Å². The number of hydrogen-bond donors (Lipinski definition) is 1. The third-order valence-corrected chi connectivity index (χ3v) is 4.27. The van der Waals surface area contributed by atoms with E-state index in [0.717, 1.165) is 42.2 Å². The zero-order chi connectivity index (χ0) is 16.4. The van der Waals surface area contributed by atoms with Crippen molar-refractivity contribution in [3.05, 3.63) is 35.5 Å². The summed E-state index contributed by atoms with van der Waals surface area (Å²) in [4.78, 5) is 13.5. The molecule has 6 nitrogen and oxygen atoms in total. The molecule has 0 aliphatic carbocycles. The van der Waals surface area contributed by atoms with Crippen LogP contribution in [-0.4, -0.2) is 46.0 Å². The molecule has 1 aliphatic heterocycles. The minimum Gasteiger partial charge on any atom is -0.496 e. The van der Waals surface area contributed by atoms with Gasteiger partial charge in [-0.3, -0.25) is 9.58 Å². The lowest BCUT2D eigenvalue weighted by Crippen LogP contribution is -2.18. The number of aromatic nitrogens is 2. The van der Waals surface area contributed by atoms with Crippen LogP contribution in [0.1, 0.15) is 28.9 Å². The second kappa shape index (κ2) is 6.42. The van der Waals surface area contributed by atoms with E-state index in [0.29, 0.717) is 0 Å². The Hall–Kier alpha value is -2.34. The molecule has 122 valence electrons. The van der Waals surface area contributed by atoms with Crippen molar-refractivity contribution in [2.75, 3.05) is 20.2 Å². The van der Waals surface area contributed by atoms with E-state index in [1.807, 2.05) is 12.1 Å². The van der Waals surface area contributed by atoms with Crippen molar-refractivity contribution in [3.63, 3.8) is 0 Å². The first-order valence-corrected chi connectivity index (χ1v) is 7.75. The van der Waals surface area contributed by atoms with Gasteiger partial charge in [-0.2, -0.15) is 5.10 Å². The Balaban J connectivity index is 1.95. The first-order valence-electron chi connectivity index (χ1n) is 7.75. The lowest BCUT2D eigenvalue weighted by atomic mass is 10.1. The number of carbonyl (C=O) groups is 1. The molecule has 1 N–H and O–H groups in total. The summed E-state index contributed by atoms with van der Waals surface area (Å²) in [5.41, 5.74) is 2.90. The average Bonchev–Trinajstić information content (AvgIpc) is 3.17. The Morgan fingerprint density at radius 2 is 2.04 bits per heavy atom. The summed E-state index contributed by atoms with van der Waals surface area (Å²) in [7, 11) is 3.43. The second-order valence-corrected chi connectivity index (χ2v) is 5.85. The van der Waals surface area contributed by atoms with E-state index >= 15 is 0 Å². The summed E-state index contributed by atoms with van der Waals surface area (Å²) < 4.78 is 7.08. The van der Waals surface area contributed by atoms with E-state index in [1.165, 1.54) is 12.8 Å². The van der Waals surface area contributed by atoms with Crippen molar-refractivity contribution in [1.29, 1.82) is 0 Å². The first kappa shape index (κ1) is 15.6. The fourth-order valence-corrected chi connectivity index (χ4v) is 3.09. The normalized spacial score (nSPS) is 15.0. The van der Waals surface area contributed by atoms with Crippen LogP contribution in [0.5, 0.6) is 5.75 Å². The minimum atomic E-state index is -1.02. The third kappa shape index (κ3) is 3.22. The van der Waals surface area contributed by atoms with E-state index < -0.39 is 5.97 Å². The van der Waals surface area contributed by atoms with Crippen LogP contribution in [0.3, 0.4) is 0 Å². The van der Waals surface area contributed by atoms with Crippen LogP contribution in [0.2, 0.25) is 0 Å². The van der Waals surface area contributed by atoms with Gasteiger partial charge in [0.2, 0.25) is 0 Å². The number of benzene rings is 1. The molecule has 1 aromatic carbocycles.